The average Bonchev–Trinajstić information content (AvgIpc) is 3.37. The molecular weight excluding hydrogens is 437 g/mol. The molecule has 4 atom stereocenters. The Balaban J connectivity index is 1.35. The number of benzene rings is 1. The van der Waals surface area contributed by atoms with Crippen molar-refractivity contribution in [1.29, 1.82) is 0 Å². The maximum Gasteiger partial charge on any atom is 0.245 e. The molecule has 6 rings (SSSR count). The molecule has 0 spiro atoms. The molecule has 1 aromatic carbocycles. The highest BCUT2D eigenvalue weighted by atomic mass is 19.1. The molecule has 2 N–H and O–H groups in total. The van der Waals surface area contributed by atoms with Crippen LogP contribution < -0.4 is 10.2 Å². The molecule has 3 aliphatic rings. The van der Waals surface area contributed by atoms with Crippen LogP contribution in [0.15, 0.2) is 24.4 Å². The van der Waals surface area contributed by atoms with Crippen LogP contribution in [0.3, 0.4) is 0 Å². The van der Waals surface area contributed by atoms with Crippen LogP contribution in [0.5, 0.6) is 5.75 Å². The van der Waals surface area contributed by atoms with Crippen molar-refractivity contribution in [1.82, 2.24) is 40.7 Å². The van der Waals surface area contributed by atoms with Gasteiger partial charge in [0.25, 0.3) is 0 Å². The number of tetrazole rings is 1. The standard InChI is InChI=1S/C23H28FN9O/c1-22-8-9-23(2,30-22)19(24)17(11-22)33(14-5-6-14)21-25-12-16(26-28-21)15-7-4-13(10-18(15)34)20-27-31-32(3)29-20/h4,7,10,12,14,17,19,30,34H,5-6,8-9,11H2,1-3H3/t17-,19-,22-,23+/m1/s1/i3D3,5D2,6D2,14D. The lowest BCUT2D eigenvalue weighted by atomic mass is 9.82. The Morgan fingerprint density at radius 1 is 1.29 bits per heavy atom. The third kappa shape index (κ3) is 3.49. The van der Waals surface area contributed by atoms with Crippen LogP contribution in [0.1, 0.15) is 56.8 Å². The van der Waals surface area contributed by atoms with Gasteiger partial charge in [0.05, 0.1) is 20.6 Å². The van der Waals surface area contributed by atoms with Crippen molar-refractivity contribution in [2.24, 2.45) is 6.98 Å². The molecule has 3 aromatic rings. The summed E-state index contributed by atoms with van der Waals surface area (Å²) < 4.78 is 80.3. The first-order chi connectivity index (χ1) is 19.3. The normalized spacial score (nSPS) is 38.2. The minimum absolute atomic E-state index is 0.0315. The minimum atomic E-state index is -2.64. The molecule has 1 aliphatic carbocycles. The summed E-state index contributed by atoms with van der Waals surface area (Å²) in [6.07, 6.45) is -4.29. The van der Waals surface area contributed by atoms with Gasteiger partial charge in [0.2, 0.25) is 11.8 Å². The summed E-state index contributed by atoms with van der Waals surface area (Å²) in [5.41, 5.74) is -0.910. The van der Waals surface area contributed by atoms with Gasteiger partial charge in [0.15, 0.2) is 0 Å². The number of halogens is 1. The zero-order valence-corrected chi connectivity index (χ0v) is 18.5. The number of aryl methyl sites for hydroxylation is 1. The highest BCUT2D eigenvalue weighted by molar-refractivity contribution is 5.71. The van der Waals surface area contributed by atoms with E-state index in [2.05, 4.69) is 35.9 Å². The number of phenols is 1. The van der Waals surface area contributed by atoms with E-state index in [0.29, 0.717) is 17.6 Å². The number of fused-ring (bicyclic) bond motifs is 2. The van der Waals surface area contributed by atoms with E-state index in [1.807, 2.05) is 6.92 Å². The fraction of sp³-hybridized carbons (Fsp3) is 0.565. The van der Waals surface area contributed by atoms with Crippen molar-refractivity contribution in [3.63, 3.8) is 0 Å². The monoisotopic (exact) mass is 473 g/mol. The van der Waals surface area contributed by atoms with Gasteiger partial charge in [0, 0.05) is 37.8 Å². The number of rotatable bonds is 5. The van der Waals surface area contributed by atoms with Gasteiger partial charge in [-0.1, -0.05) is 6.07 Å². The number of piperidine rings is 1. The van der Waals surface area contributed by atoms with Crippen molar-refractivity contribution in [3.8, 4) is 28.4 Å². The SMILES string of the molecule is [2H]C([2H])([2H])n1nnc(-c2ccc(-c3cnc(N([C@@H]4C[C@@]5(C)CC[C@](C)(N5)[C@@H]4F)C4([2H])C([2H])([2H])C4([2H])[2H])nn3)c(O)c2)n1. The van der Waals surface area contributed by atoms with E-state index in [9.17, 15) is 5.11 Å². The van der Waals surface area contributed by atoms with E-state index in [-0.39, 0.29) is 40.8 Å². The molecule has 2 bridgehead atoms. The van der Waals surface area contributed by atoms with Crippen molar-refractivity contribution in [2.45, 2.75) is 75.2 Å². The van der Waals surface area contributed by atoms with Crippen molar-refractivity contribution in [2.75, 3.05) is 4.90 Å². The Labute approximate surface area is 207 Å². The molecule has 2 saturated heterocycles. The van der Waals surface area contributed by atoms with Crippen molar-refractivity contribution in [3.05, 3.63) is 24.4 Å². The Bertz CT molecular complexity index is 1540. The molecule has 0 unspecified atom stereocenters. The van der Waals surface area contributed by atoms with Gasteiger partial charge < -0.3 is 15.3 Å². The second kappa shape index (κ2) is 7.39. The van der Waals surface area contributed by atoms with Gasteiger partial charge in [0.1, 0.15) is 17.6 Å². The Hall–Kier alpha value is -3.21. The number of hydrogen-bond acceptors (Lipinski definition) is 9. The van der Waals surface area contributed by atoms with Crippen LogP contribution in [-0.2, 0) is 6.98 Å². The molecule has 2 aliphatic heterocycles. The van der Waals surface area contributed by atoms with Crippen LogP contribution in [0.2, 0.25) is 0 Å². The Morgan fingerprint density at radius 3 is 2.82 bits per heavy atom. The number of phenolic OH excluding ortho intramolecular Hbond substituents is 1. The zero-order chi connectivity index (χ0) is 30.7. The van der Waals surface area contributed by atoms with E-state index in [0.717, 1.165) is 4.90 Å². The first-order valence-corrected chi connectivity index (χ1v) is 10.9. The van der Waals surface area contributed by atoms with Crippen LogP contribution in [-0.4, -0.2) is 69.8 Å². The molecule has 0 radical (unpaired) electrons. The first kappa shape index (κ1) is 14.2. The number of nitrogens with one attached hydrogen (secondary N) is 1. The van der Waals surface area contributed by atoms with Gasteiger partial charge in [-0.3, -0.25) is 0 Å². The predicted octanol–water partition coefficient (Wildman–Crippen LogP) is 2.41. The lowest BCUT2D eigenvalue weighted by Gasteiger charge is -2.48. The third-order valence-corrected chi connectivity index (χ3v) is 6.91. The fourth-order valence-electron chi connectivity index (χ4n) is 5.20. The Morgan fingerprint density at radius 2 is 2.15 bits per heavy atom. The maximum atomic E-state index is 16.1. The van der Waals surface area contributed by atoms with E-state index in [1.165, 1.54) is 24.4 Å². The number of anilines is 1. The summed E-state index contributed by atoms with van der Waals surface area (Å²) in [5.74, 6) is -0.623. The van der Waals surface area contributed by atoms with Gasteiger partial charge in [-0.2, -0.15) is 4.80 Å². The van der Waals surface area contributed by atoms with E-state index < -0.39 is 49.0 Å². The summed E-state index contributed by atoms with van der Waals surface area (Å²) in [6, 6.07) is 0.626. The van der Waals surface area contributed by atoms with E-state index in [4.69, 9.17) is 11.0 Å². The second-order valence-corrected chi connectivity index (χ2v) is 9.52. The molecule has 3 fully saturated rings. The number of nitrogens with zero attached hydrogens (tertiary/aromatic N) is 8. The predicted molar refractivity (Wildman–Crippen MR) is 123 cm³/mol. The molecule has 4 heterocycles. The summed E-state index contributed by atoms with van der Waals surface area (Å²) >= 11 is 0. The molecule has 34 heavy (non-hydrogen) atoms. The Kier molecular flexibility index (Phi) is 3.10. The fourth-order valence-corrected chi connectivity index (χ4v) is 5.20. The van der Waals surface area contributed by atoms with Gasteiger partial charge in [-0.15, -0.1) is 20.4 Å². The van der Waals surface area contributed by atoms with E-state index >= 15 is 4.39 Å². The quantitative estimate of drug-likeness (QED) is 0.576. The molecule has 10 nitrogen and oxygen atoms in total. The molecular formula is C23H28FN9O. The average molecular weight is 474 g/mol. The number of hydrogen-bond donors (Lipinski definition) is 2. The van der Waals surface area contributed by atoms with Gasteiger partial charge in [-0.25, -0.2) is 9.37 Å². The lowest BCUT2D eigenvalue weighted by molar-refractivity contribution is 0.0828. The zero-order valence-electron chi connectivity index (χ0n) is 26.5. The van der Waals surface area contributed by atoms with Crippen LogP contribution in [0, 0.1) is 0 Å². The van der Waals surface area contributed by atoms with Gasteiger partial charge >= 0.3 is 0 Å². The van der Waals surface area contributed by atoms with Crippen LogP contribution >= 0.6 is 0 Å². The highest BCUT2D eigenvalue weighted by Gasteiger charge is 2.58. The topological polar surface area (TPSA) is 118 Å². The first-order valence-electron chi connectivity index (χ1n) is 14.9. The molecule has 178 valence electrons. The summed E-state index contributed by atoms with van der Waals surface area (Å²) in [7, 11) is 0. The van der Waals surface area contributed by atoms with E-state index in [1.54, 1.807) is 6.92 Å². The highest BCUT2D eigenvalue weighted by Crippen LogP contribution is 2.47. The second-order valence-electron chi connectivity index (χ2n) is 9.52. The summed E-state index contributed by atoms with van der Waals surface area (Å²) in [5, 5.41) is 33.3. The van der Waals surface area contributed by atoms with Crippen LogP contribution in [0.25, 0.3) is 22.6 Å². The lowest BCUT2D eigenvalue weighted by Crippen LogP contribution is -2.66. The molecule has 11 heteroatoms. The number of aromatic nitrogens is 7. The minimum Gasteiger partial charge on any atom is -0.507 e. The molecule has 0 amide bonds. The largest absolute Gasteiger partial charge is 0.507 e. The van der Waals surface area contributed by atoms with Crippen molar-refractivity contribution >= 4 is 5.95 Å². The summed E-state index contributed by atoms with van der Waals surface area (Å²) in [4.78, 5) is 5.76. The molecule has 2 aromatic heterocycles. The number of alkyl halides is 1. The number of aromatic hydroxyl groups is 1. The van der Waals surface area contributed by atoms with Gasteiger partial charge in [-0.05, 0) is 63.2 Å². The smallest absolute Gasteiger partial charge is 0.245 e. The van der Waals surface area contributed by atoms with Crippen molar-refractivity contribution < 1.29 is 20.5 Å². The molecule has 1 saturated carbocycles. The summed E-state index contributed by atoms with van der Waals surface area (Å²) in [6.45, 7) is 1.04. The maximum absolute atomic E-state index is 16.1. The van der Waals surface area contributed by atoms with Crippen LogP contribution in [0.4, 0.5) is 10.3 Å². The third-order valence-electron chi connectivity index (χ3n) is 6.91.